The van der Waals surface area contributed by atoms with Crippen LogP contribution in [-0.4, -0.2) is 4.57 Å². The van der Waals surface area contributed by atoms with Crippen molar-refractivity contribution >= 4 is 33.1 Å². The van der Waals surface area contributed by atoms with Gasteiger partial charge in [-0.1, -0.05) is 87.4 Å². The zero-order valence-electron chi connectivity index (χ0n) is 27.0. The Hall–Kier alpha value is -3.86. The fraction of sp³-hybridized carbons (Fsp3) is 0.385. The lowest BCUT2D eigenvalue weighted by Gasteiger charge is -2.39. The Morgan fingerprint density at radius 2 is 1.47 bits per heavy atom. The van der Waals surface area contributed by atoms with E-state index < -0.39 is 0 Å². The Bertz CT molecular complexity index is 2140. The quantitative estimate of drug-likeness (QED) is 0.183. The predicted octanol–water partition coefficient (Wildman–Crippen LogP) is 10.3. The largest absolute Gasteiger partial charge is 0.300 e. The van der Waals surface area contributed by atoms with Crippen molar-refractivity contribution in [2.24, 2.45) is 0 Å². The van der Waals surface area contributed by atoms with Crippen LogP contribution in [0.15, 0.2) is 42.5 Å². The fourth-order valence-electron chi connectivity index (χ4n) is 7.67. The summed E-state index contributed by atoms with van der Waals surface area (Å²) < 4.78 is 2.53. The molecule has 0 amide bonds. The van der Waals surface area contributed by atoms with Gasteiger partial charge in [0.2, 0.25) is 0 Å². The van der Waals surface area contributed by atoms with E-state index in [2.05, 4.69) is 122 Å². The SMILES string of the molecule is CC(C)(C)c1ccc2c(c1)c1cc(C(C)(C)C)cc3c1n2-c1sc2c(c1C3(C)C)C(C)(C)Cc1ccc(C#N)c(C#N)c1-2. The van der Waals surface area contributed by atoms with E-state index in [-0.39, 0.29) is 21.7 Å². The smallest absolute Gasteiger partial charge is 0.105 e. The van der Waals surface area contributed by atoms with Gasteiger partial charge < -0.3 is 4.57 Å². The molecule has 0 fully saturated rings. The van der Waals surface area contributed by atoms with E-state index in [0.29, 0.717) is 11.1 Å². The lowest BCUT2D eigenvalue weighted by molar-refractivity contribution is 0.497. The Morgan fingerprint density at radius 1 is 0.791 bits per heavy atom. The summed E-state index contributed by atoms with van der Waals surface area (Å²) in [6.07, 6.45) is 0.834. The number of hydrogen-bond acceptors (Lipinski definition) is 3. The third kappa shape index (κ3) is 3.63. The number of hydrogen-bond donors (Lipinski definition) is 0. The van der Waals surface area contributed by atoms with Gasteiger partial charge in [-0.15, -0.1) is 11.3 Å². The highest BCUT2D eigenvalue weighted by molar-refractivity contribution is 7.18. The van der Waals surface area contributed by atoms with Crippen LogP contribution >= 0.6 is 11.3 Å². The minimum atomic E-state index is -0.259. The summed E-state index contributed by atoms with van der Waals surface area (Å²) >= 11 is 1.81. The van der Waals surface area contributed by atoms with Crippen molar-refractivity contribution in [3.8, 4) is 27.6 Å². The molecule has 2 aromatic heterocycles. The van der Waals surface area contributed by atoms with Gasteiger partial charge >= 0.3 is 0 Å². The molecule has 0 radical (unpaired) electrons. The van der Waals surface area contributed by atoms with Crippen LogP contribution in [0.5, 0.6) is 0 Å². The minimum Gasteiger partial charge on any atom is -0.300 e. The van der Waals surface area contributed by atoms with Crippen LogP contribution in [0.2, 0.25) is 0 Å². The third-order valence-corrected chi connectivity index (χ3v) is 11.2. The first kappa shape index (κ1) is 27.9. The van der Waals surface area contributed by atoms with Crippen molar-refractivity contribution < 1.29 is 0 Å². The molecule has 43 heavy (non-hydrogen) atoms. The number of aromatic nitrogens is 1. The highest BCUT2D eigenvalue weighted by atomic mass is 32.1. The lowest BCUT2D eigenvalue weighted by Crippen LogP contribution is -2.33. The molecule has 216 valence electrons. The maximum Gasteiger partial charge on any atom is 0.105 e. The van der Waals surface area contributed by atoms with E-state index >= 15 is 0 Å². The summed E-state index contributed by atoms with van der Waals surface area (Å²) in [5.74, 6) is 0. The van der Waals surface area contributed by atoms with E-state index in [1.165, 1.54) is 54.6 Å². The standard InChI is InChI=1S/C39H39N3S/c1-36(2,3)23-13-14-29-25(15-23)26-16-24(37(4,5)6)17-28-33(26)42(29)35-32(39(28,9)10)31-34(43-35)30-21(18-38(31,7)8)11-12-22(19-40)27(30)20-41/h11-17H,18H2,1-10H3. The molecule has 5 aromatic rings. The maximum atomic E-state index is 10.3. The molecule has 3 aromatic carbocycles. The predicted molar refractivity (Wildman–Crippen MR) is 180 cm³/mol. The average Bonchev–Trinajstić information content (AvgIpc) is 3.48. The highest BCUT2D eigenvalue weighted by Crippen LogP contribution is 2.60. The normalized spacial score (nSPS) is 16.4. The molecular formula is C39H39N3S. The van der Waals surface area contributed by atoms with Gasteiger partial charge in [0, 0.05) is 32.2 Å². The topological polar surface area (TPSA) is 52.5 Å². The summed E-state index contributed by atoms with van der Waals surface area (Å²) in [5.41, 5.74) is 12.0. The molecule has 1 aliphatic carbocycles. The second-order valence-electron chi connectivity index (χ2n) is 15.9. The molecule has 0 saturated heterocycles. The van der Waals surface area contributed by atoms with Crippen LogP contribution in [0, 0.1) is 22.7 Å². The van der Waals surface area contributed by atoms with Crippen molar-refractivity contribution in [2.45, 2.75) is 97.3 Å². The van der Waals surface area contributed by atoms with E-state index in [0.717, 1.165) is 22.4 Å². The van der Waals surface area contributed by atoms with Crippen molar-refractivity contribution in [1.29, 1.82) is 10.5 Å². The maximum absolute atomic E-state index is 10.3. The number of rotatable bonds is 0. The Balaban J connectivity index is 1.69. The van der Waals surface area contributed by atoms with Crippen LogP contribution < -0.4 is 0 Å². The van der Waals surface area contributed by atoms with Gasteiger partial charge in [0.15, 0.2) is 0 Å². The van der Waals surface area contributed by atoms with Crippen LogP contribution in [-0.2, 0) is 28.1 Å². The van der Waals surface area contributed by atoms with Gasteiger partial charge in [0.25, 0.3) is 0 Å². The zero-order chi connectivity index (χ0) is 31.0. The minimum absolute atomic E-state index is 0.00121. The molecule has 0 unspecified atom stereocenters. The molecule has 0 saturated carbocycles. The van der Waals surface area contributed by atoms with Crippen LogP contribution in [0.4, 0.5) is 0 Å². The summed E-state index contributed by atoms with van der Waals surface area (Å²) in [7, 11) is 0. The number of thiophene rings is 1. The van der Waals surface area contributed by atoms with Crippen molar-refractivity contribution in [1.82, 2.24) is 4.57 Å². The van der Waals surface area contributed by atoms with Crippen LogP contribution in [0.3, 0.4) is 0 Å². The number of nitrogens with zero attached hydrogens (tertiary/aromatic N) is 3. The monoisotopic (exact) mass is 581 g/mol. The second-order valence-corrected chi connectivity index (χ2v) is 16.9. The fourth-order valence-corrected chi connectivity index (χ4v) is 9.42. The molecule has 4 heteroatoms. The van der Waals surface area contributed by atoms with Gasteiger partial charge in [-0.25, -0.2) is 0 Å². The Kier molecular flexibility index (Phi) is 5.46. The molecule has 0 spiro atoms. The summed E-state index contributed by atoms with van der Waals surface area (Å²) in [4.78, 5) is 1.16. The van der Waals surface area contributed by atoms with Gasteiger partial charge in [-0.2, -0.15) is 10.5 Å². The van der Waals surface area contributed by atoms with Gasteiger partial charge in [0.1, 0.15) is 17.1 Å². The first-order valence-electron chi connectivity index (χ1n) is 15.3. The Labute approximate surface area is 259 Å². The van der Waals surface area contributed by atoms with Gasteiger partial charge in [-0.05, 0) is 74.7 Å². The van der Waals surface area contributed by atoms with Crippen molar-refractivity contribution in [3.63, 3.8) is 0 Å². The van der Waals surface area contributed by atoms with Gasteiger partial charge in [-0.3, -0.25) is 0 Å². The van der Waals surface area contributed by atoms with E-state index in [9.17, 15) is 10.5 Å². The third-order valence-electron chi connectivity index (χ3n) is 10.0. The molecule has 1 aliphatic heterocycles. The molecule has 3 nitrogen and oxygen atoms in total. The molecular weight excluding hydrogens is 543 g/mol. The van der Waals surface area contributed by atoms with Gasteiger partial charge in [0.05, 0.1) is 22.2 Å². The average molecular weight is 582 g/mol. The molecule has 0 atom stereocenters. The molecule has 0 N–H and O–H groups in total. The molecule has 2 aliphatic rings. The summed E-state index contributed by atoms with van der Waals surface area (Å²) in [5, 5.41) is 24.1. The zero-order valence-corrected chi connectivity index (χ0v) is 27.8. The first-order chi connectivity index (χ1) is 20.0. The first-order valence-corrected chi connectivity index (χ1v) is 16.1. The number of fused-ring (bicyclic) bond motifs is 9. The van der Waals surface area contributed by atoms with Crippen molar-refractivity contribution in [2.75, 3.05) is 0 Å². The molecule has 3 heterocycles. The molecule has 7 rings (SSSR count). The Morgan fingerprint density at radius 3 is 2.09 bits per heavy atom. The lowest BCUT2D eigenvalue weighted by atomic mass is 9.64. The summed E-state index contributed by atoms with van der Waals surface area (Å²) in [6.45, 7) is 23.3. The van der Waals surface area contributed by atoms with Crippen LogP contribution in [0.25, 0.3) is 37.2 Å². The molecule has 0 bridgehead atoms. The van der Waals surface area contributed by atoms with Crippen molar-refractivity contribution in [3.05, 3.63) is 87.0 Å². The van der Waals surface area contributed by atoms with E-state index in [4.69, 9.17) is 0 Å². The van der Waals surface area contributed by atoms with E-state index in [1.54, 1.807) is 0 Å². The second kappa shape index (κ2) is 8.40. The number of nitriles is 2. The van der Waals surface area contributed by atoms with Crippen LogP contribution in [0.1, 0.15) is 114 Å². The highest BCUT2D eigenvalue weighted by Gasteiger charge is 2.46. The number of benzene rings is 3. The van der Waals surface area contributed by atoms with E-state index in [1.807, 2.05) is 17.4 Å². The summed E-state index contributed by atoms with van der Waals surface area (Å²) in [6, 6.07) is 20.6.